The Morgan fingerprint density at radius 2 is 2.17 bits per heavy atom. The summed E-state index contributed by atoms with van der Waals surface area (Å²) in [7, 11) is 0. The summed E-state index contributed by atoms with van der Waals surface area (Å²) in [5, 5.41) is 3.47. The van der Waals surface area contributed by atoms with Gasteiger partial charge in [0.2, 0.25) is 0 Å². The van der Waals surface area contributed by atoms with Gasteiger partial charge in [0.1, 0.15) is 0 Å². The highest BCUT2D eigenvalue weighted by Crippen LogP contribution is 2.29. The van der Waals surface area contributed by atoms with Crippen molar-refractivity contribution < 1.29 is 0 Å². The van der Waals surface area contributed by atoms with Gasteiger partial charge in [0.15, 0.2) is 0 Å². The maximum absolute atomic E-state index is 3.47. The van der Waals surface area contributed by atoms with E-state index in [2.05, 4.69) is 35.3 Å². The lowest BCUT2D eigenvalue weighted by molar-refractivity contribution is 0.521. The van der Waals surface area contributed by atoms with Crippen LogP contribution in [0.3, 0.4) is 0 Å². The van der Waals surface area contributed by atoms with Gasteiger partial charge in [0.25, 0.3) is 0 Å². The zero-order chi connectivity index (χ0) is 12.4. The third kappa shape index (κ3) is 2.39. The highest BCUT2D eigenvalue weighted by atomic mass is 15.1. The average molecular weight is 244 g/mol. The quantitative estimate of drug-likeness (QED) is 0.817. The van der Waals surface area contributed by atoms with E-state index >= 15 is 0 Å². The topological polar surface area (TPSA) is 15.3 Å². The Labute approximate surface area is 110 Å². The van der Waals surface area contributed by atoms with Crippen molar-refractivity contribution in [1.29, 1.82) is 0 Å². The molecule has 2 aliphatic rings. The van der Waals surface area contributed by atoms with Gasteiger partial charge in [-0.2, -0.15) is 0 Å². The fourth-order valence-electron chi connectivity index (χ4n) is 3.31. The predicted octanol–water partition coefficient (Wildman–Crippen LogP) is 2.96. The molecule has 0 spiro atoms. The Balaban J connectivity index is 1.87. The monoisotopic (exact) mass is 244 g/mol. The minimum Gasteiger partial charge on any atom is -0.371 e. The molecular weight excluding hydrogens is 220 g/mol. The number of rotatable bonds is 1. The molecule has 18 heavy (non-hydrogen) atoms. The Morgan fingerprint density at radius 3 is 3.11 bits per heavy atom. The van der Waals surface area contributed by atoms with Crippen LogP contribution in [0.2, 0.25) is 0 Å². The maximum atomic E-state index is 3.47. The van der Waals surface area contributed by atoms with Crippen LogP contribution in [0.25, 0.3) is 0 Å². The molecule has 0 amide bonds. The van der Waals surface area contributed by atoms with E-state index in [0.29, 0.717) is 0 Å². The van der Waals surface area contributed by atoms with Gasteiger partial charge in [-0.05, 0) is 55.3 Å². The van der Waals surface area contributed by atoms with Crippen molar-refractivity contribution in [2.75, 3.05) is 24.5 Å². The molecule has 3 rings (SSSR count). The van der Waals surface area contributed by atoms with E-state index in [1.54, 1.807) is 5.56 Å². The van der Waals surface area contributed by atoms with Crippen LogP contribution in [0.1, 0.15) is 37.3 Å². The number of hydrogen-bond acceptors (Lipinski definition) is 2. The van der Waals surface area contributed by atoms with Crippen molar-refractivity contribution in [3.05, 3.63) is 29.3 Å². The molecule has 1 aromatic rings. The molecular formula is C16H24N2. The Bertz CT molecular complexity index is 414. The lowest BCUT2D eigenvalue weighted by Crippen LogP contribution is -2.29. The standard InChI is InChI=1S/C16H24N2/c1-13-4-3-10-18(11-8-13)16-6-2-5-14-12-17-9-7-15(14)16/h2,5-6,13,17H,3-4,7-12H2,1H3. The molecule has 2 nitrogen and oxygen atoms in total. The van der Waals surface area contributed by atoms with Crippen molar-refractivity contribution >= 4 is 5.69 Å². The Kier molecular flexibility index (Phi) is 3.55. The molecule has 1 fully saturated rings. The number of anilines is 1. The summed E-state index contributed by atoms with van der Waals surface area (Å²) in [6.45, 7) is 7.06. The molecule has 0 saturated carbocycles. The molecule has 2 heteroatoms. The molecule has 2 aliphatic heterocycles. The second-order valence-electron chi connectivity index (χ2n) is 5.86. The molecule has 0 bridgehead atoms. The lowest BCUT2D eigenvalue weighted by Gasteiger charge is -2.29. The first-order valence-electron chi connectivity index (χ1n) is 7.41. The predicted molar refractivity (Wildman–Crippen MR) is 77.1 cm³/mol. The van der Waals surface area contributed by atoms with E-state index in [1.807, 2.05) is 0 Å². The number of fused-ring (bicyclic) bond motifs is 1. The first kappa shape index (κ1) is 12.0. The van der Waals surface area contributed by atoms with Crippen LogP contribution in [-0.4, -0.2) is 19.6 Å². The average Bonchev–Trinajstić information content (AvgIpc) is 2.63. The number of hydrogen-bond donors (Lipinski definition) is 1. The Morgan fingerprint density at radius 1 is 1.22 bits per heavy atom. The van der Waals surface area contributed by atoms with Crippen molar-refractivity contribution in [3.63, 3.8) is 0 Å². The second kappa shape index (κ2) is 5.31. The van der Waals surface area contributed by atoms with Gasteiger partial charge in [-0.3, -0.25) is 0 Å². The summed E-state index contributed by atoms with van der Waals surface area (Å²) >= 11 is 0. The second-order valence-corrected chi connectivity index (χ2v) is 5.86. The summed E-state index contributed by atoms with van der Waals surface area (Å²) in [4.78, 5) is 2.63. The minimum atomic E-state index is 0.899. The molecule has 1 aromatic carbocycles. The van der Waals surface area contributed by atoms with Gasteiger partial charge < -0.3 is 10.2 Å². The van der Waals surface area contributed by atoms with Crippen LogP contribution in [0, 0.1) is 5.92 Å². The fourth-order valence-corrected chi connectivity index (χ4v) is 3.31. The maximum Gasteiger partial charge on any atom is 0.0402 e. The van der Waals surface area contributed by atoms with Gasteiger partial charge in [0, 0.05) is 25.3 Å². The summed E-state index contributed by atoms with van der Waals surface area (Å²) in [6.07, 6.45) is 5.29. The van der Waals surface area contributed by atoms with Gasteiger partial charge in [-0.1, -0.05) is 19.1 Å². The molecule has 1 N–H and O–H groups in total. The molecule has 1 atom stereocenters. The van der Waals surface area contributed by atoms with Gasteiger partial charge in [-0.25, -0.2) is 0 Å². The highest BCUT2D eigenvalue weighted by Gasteiger charge is 2.19. The van der Waals surface area contributed by atoms with Gasteiger partial charge >= 0.3 is 0 Å². The van der Waals surface area contributed by atoms with Crippen molar-refractivity contribution in [2.45, 2.75) is 39.2 Å². The lowest BCUT2D eigenvalue weighted by atomic mass is 9.98. The third-order valence-electron chi connectivity index (χ3n) is 4.47. The summed E-state index contributed by atoms with van der Waals surface area (Å²) < 4.78 is 0. The molecule has 1 unspecified atom stereocenters. The smallest absolute Gasteiger partial charge is 0.0402 e. The molecule has 0 aliphatic carbocycles. The molecule has 98 valence electrons. The molecule has 0 radical (unpaired) electrons. The van der Waals surface area contributed by atoms with Gasteiger partial charge in [-0.15, -0.1) is 0 Å². The van der Waals surface area contributed by atoms with Crippen molar-refractivity contribution in [2.24, 2.45) is 5.92 Å². The largest absolute Gasteiger partial charge is 0.371 e. The first-order chi connectivity index (χ1) is 8.84. The molecule has 2 heterocycles. The van der Waals surface area contributed by atoms with Crippen LogP contribution in [0.4, 0.5) is 5.69 Å². The van der Waals surface area contributed by atoms with Crippen LogP contribution >= 0.6 is 0 Å². The Hall–Kier alpha value is -1.02. The van der Waals surface area contributed by atoms with E-state index in [-0.39, 0.29) is 0 Å². The van der Waals surface area contributed by atoms with E-state index in [1.165, 1.54) is 50.0 Å². The molecule has 1 saturated heterocycles. The highest BCUT2D eigenvalue weighted by molar-refractivity contribution is 5.57. The van der Waals surface area contributed by atoms with Gasteiger partial charge in [0.05, 0.1) is 0 Å². The first-order valence-corrected chi connectivity index (χ1v) is 7.41. The fraction of sp³-hybridized carbons (Fsp3) is 0.625. The van der Waals surface area contributed by atoms with Crippen molar-refractivity contribution in [3.8, 4) is 0 Å². The van der Waals surface area contributed by atoms with Crippen LogP contribution in [0.5, 0.6) is 0 Å². The number of nitrogens with zero attached hydrogens (tertiary/aromatic N) is 1. The zero-order valence-corrected chi connectivity index (χ0v) is 11.4. The summed E-state index contributed by atoms with van der Waals surface area (Å²) in [6, 6.07) is 6.85. The zero-order valence-electron chi connectivity index (χ0n) is 11.4. The SMILES string of the molecule is CC1CCCN(c2cccc3c2CCNC3)CC1. The van der Waals surface area contributed by atoms with E-state index in [9.17, 15) is 0 Å². The molecule has 0 aromatic heterocycles. The van der Waals surface area contributed by atoms with E-state index < -0.39 is 0 Å². The van der Waals surface area contributed by atoms with Crippen LogP contribution in [-0.2, 0) is 13.0 Å². The third-order valence-corrected chi connectivity index (χ3v) is 4.47. The van der Waals surface area contributed by atoms with Crippen LogP contribution in [0.15, 0.2) is 18.2 Å². The summed E-state index contributed by atoms with van der Waals surface area (Å²) in [5.41, 5.74) is 4.63. The van der Waals surface area contributed by atoms with Crippen molar-refractivity contribution in [1.82, 2.24) is 5.32 Å². The minimum absolute atomic E-state index is 0.899. The normalized spacial score (nSPS) is 24.5. The van der Waals surface area contributed by atoms with E-state index in [4.69, 9.17) is 0 Å². The summed E-state index contributed by atoms with van der Waals surface area (Å²) in [5.74, 6) is 0.899. The van der Waals surface area contributed by atoms with Crippen LogP contribution < -0.4 is 10.2 Å². The number of benzene rings is 1. The van der Waals surface area contributed by atoms with E-state index in [0.717, 1.165) is 19.0 Å². The number of nitrogens with one attached hydrogen (secondary N) is 1.